The van der Waals surface area contributed by atoms with Crippen LogP contribution in [-0.2, 0) is 12.8 Å². The average Bonchev–Trinajstić information content (AvgIpc) is 2.76. The van der Waals surface area contributed by atoms with Crippen molar-refractivity contribution >= 4 is 11.3 Å². The number of nitrogens with two attached hydrogens (primary N) is 1. The van der Waals surface area contributed by atoms with Gasteiger partial charge >= 0.3 is 0 Å². The molecule has 1 unspecified atom stereocenters. The van der Waals surface area contributed by atoms with Gasteiger partial charge in [-0.3, -0.25) is 0 Å². The molecule has 2 N–H and O–H groups in total. The van der Waals surface area contributed by atoms with E-state index in [9.17, 15) is 0 Å². The Hall–Kier alpha value is -0.450. The molecule has 2 rings (SSSR count). The highest BCUT2D eigenvalue weighted by Gasteiger charge is 2.23. The Morgan fingerprint density at radius 3 is 3.25 bits per heavy atom. The SMILES string of the molecule is CN(CCCCN)C1CCc2ncsc2C1. The zero-order chi connectivity index (χ0) is 11.4. The normalized spacial score (nSPS) is 20.1. The molecular weight excluding hydrogens is 218 g/mol. The molecule has 1 aliphatic rings. The zero-order valence-electron chi connectivity index (χ0n) is 9.98. The van der Waals surface area contributed by atoms with Gasteiger partial charge in [0.25, 0.3) is 0 Å². The number of fused-ring (bicyclic) bond motifs is 1. The molecule has 0 spiro atoms. The number of rotatable bonds is 5. The third-order valence-electron chi connectivity index (χ3n) is 3.45. The minimum Gasteiger partial charge on any atom is -0.330 e. The standard InChI is InChI=1S/C12H21N3S/c1-15(7-3-2-6-13)10-4-5-11-12(8-10)16-9-14-11/h9-10H,2-8,13H2,1H3. The predicted molar refractivity (Wildman–Crippen MR) is 68.8 cm³/mol. The smallest absolute Gasteiger partial charge is 0.0797 e. The lowest BCUT2D eigenvalue weighted by Gasteiger charge is -2.30. The number of thiazole rings is 1. The fourth-order valence-electron chi connectivity index (χ4n) is 2.35. The number of aryl methyl sites for hydroxylation is 1. The van der Waals surface area contributed by atoms with Crippen molar-refractivity contribution < 1.29 is 0 Å². The van der Waals surface area contributed by atoms with E-state index in [0.29, 0.717) is 6.04 Å². The molecule has 1 atom stereocenters. The Bertz CT molecular complexity index is 324. The van der Waals surface area contributed by atoms with Crippen LogP contribution in [0.15, 0.2) is 5.51 Å². The van der Waals surface area contributed by atoms with Gasteiger partial charge in [0.2, 0.25) is 0 Å². The topological polar surface area (TPSA) is 42.1 Å². The molecule has 3 nitrogen and oxygen atoms in total. The molecule has 1 aromatic heterocycles. The second-order valence-electron chi connectivity index (χ2n) is 4.60. The van der Waals surface area contributed by atoms with Crippen LogP contribution in [-0.4, -0.2) is 36.1 Å². The van der Waals surface area contributed by atoms with Crippen molar-refractivity contribution in [1.82, 2.24) is 9.88 Å². The Morgan fingerprint density at radius 2 is 2.44 bits per heavy atom. The summed E-state index contributed by atoms with van der Waals surface area (Å²) in [4.78, 5) is 8.41. The summed E-state index contributed by atoms with van der Waals surface area (Å²) >= 11 is 1.82. The van der Waals surface area contributed by atoms with Crippen LogP contribution in [0.1, 0.15) is 29.8 Å². The van der Waals surface area contributed by atoms with Crippen LogP contribution in [0, 0.1) is 0 Å². The third kappa shape index (κ3) is 2.81. The molecule has 0 bridgehead atoms. The first-order valence-electron chi connectivity index (χ1n) is 6.13. The van der Waals surface area contributed by atoms with Crippen molar-refractivity contribution in [2.75, 3.05) is 20.1 Å². The Morgan fingerprint density at radius 1 is 1.56 bits per heavy atom. The number of hydrogen-bond donors (Lipinski definition) is 1. The summed E-state index contributed by atoms with van der Waals surface area (Å²) in [5.74, 6) is 0. The van der Waals surface area contributed by atoms with Crippen molar-refractivity contribution in [2.45, 2.75) is 38.1 Å². The van der Waals surface area contributed by atoms with E-state index in [2.05, 4.69) is 16.9 Å². The minimum atomic E-state index is 0.714. The van der Waals surface area contributed by atoms with E-state index in [1.807, 2.05) is 16.8 Å². The highest BCUT2D eigenvalue weighted by molar-refractivity contribution is 7.09. The Balaban J connectivity index is 1.83. The van der Waals surface area contributed by atoms with Gasteiger partial charge in [-0.15, -0.1) is 11.3 Å². The molecule has 1 aromatic rings. The van der Waals surface area contributed by atoms with Crippen molar-refractivity contribution in [2.24, 2.45) is 5.73 Å². The molecule has 0 fully saturated rings. The number of aromatic nitrogens is 1. The molecule has 1 heterocycles. The summed E-state index contributed by atoms with van der Waals surface area (Å²) in [5.41, 5.74) is 8.85. The van der Waals surface area contributed by atoms with Gasteiger partial charge in [0, 0.05) is 10.9 Å². The van der Waals surface area contributed by atoms with Crippen LogP contribution in [0.4, 0.5) is 0 Å². The van der Waals surface area contributed by atoms with Gasteiger partial charge in [-0.1, -0.05) is 0 Å². The maximum absolute atomic E-state index is 5.52. The summed E-state index contributed by atoms with van der Waals surface area (Å²) in [6, 6.07) is 0.714. The van der Waals surface area contributed by atoms with Crippen LogP contribution < -0.4 is 5.73 Å². The molecule has 16 heavy (non-hydrogen) atoms. The zero-order valence-corrected chi connectivity index (χ0v) is 10.8. The van der Waals surface area contributed by atoms with Crippen molar-refractivity contribution in [3.05, 3.63) is 16.1 Å². The van der Waals surface area contributed by atoms with Crippen LogP contribution >= 0.6 is 11.3 Å². The quantitative estimate of drug-likeness (QED) is 0.795. The maximum Gasteiger partial charge on any atom is 0.0797 e. The molecule has 90 valence electrons. The molecule has 0 amide bonds. The number of hydrogen-bond acceptors (Lipinski definition) is 4. The monoisotopic (exact) mass is 239 g/mol. The van der Waals surface area contributed by atoms with Crippen molar-refractivity contribution in [3.8, 4) is 0 Å². The van der Waals surface area contributed by atoms with E-state index < -0.39 is 0 Å². The first kappa shape index (κ1) is 12.0. The Kier molecular flexibility index (Phi) is 4.32. The highest BCUT2D eigenvalue weighted by atomic mass is 32.1. The van der Waals surface area contributed by atoms with E-state index in [1.165, 1.54) is 36.4 Å². The largest absolute Gasteiger partial charge is 0.330 e. The van der Waals surface area contributed by atoms with Crippen LogP contribution in [0.2, 0.25) is 0 Å². The maximum atomic E-state index is 5.52. The average molecular weight is 239 g/mol. The van der Waals surface area contributed by atoms with Crippen LogP contribution in [0.5, 0.6) is 0 Å². The summed E-state index contributed by atoms with van der Waals surface area (Å²) in [6.45, 7) is 1.99. The van der Waals surface area contributed by atoms with E-state index in [4.69, 9.17) is 5.73 Å². The first-order chi connectivity index (χ1) is 7.81. The summed E-state index contributed by atoms with van der Waals surface area (Å²) in [6.07, 6.45) is 5.97. The molecule has 0 radical (unpaired) electrons. The molecule has 0 aromatic carbocycles. The van der Waals surface area contributed by atoms with Crippen LogP contribution in [0.3, 0.4) is 0 Å². The van der Waals surface area contributed by atoms with E-state index in [0.717, 1.165) is 19.4 Å². The number of likely N-dealkylation sites (N-methyl/N-ethyl adjacent to an activating group) is 1. The predicted octanol–water partition coefficient (Wildman–Crippen LogP) is 1.67. The van der Waals surface area contributed by atoms with Gasteiger partial charge in [-0.05, 0) is 52.2 Å². The molecule has 0 aliphatic heterocycles. The summed E-state index contributed by atoms with van der Waals surface area (Å²) < 4.78 is 0. The van der Waals surface area contributed by atoms with E-state index in [-0.39, 0.29) is 0 Å². The van der Waals surface area contributed by atoms with Gasteiger partial charge in [0.05, 0.1) is 11.2 Å². The molecule has 0 saturated carbocycles. The first-order valence-corrected chi connectivity index (χ1v) is 7.00. The molecule has 4 heteroatoms. The van der Waals surface area contributed by atoms with E-state index >= 15 is 0 Å². The fraction of sp³-hybridized carbons (Fsp3) is 0.750. The van der Waals surface area contributed by atoms with Gasteiger partial charge in [-0.25, -0.2) is 4.98 Å². The van der Waals surface area contributed by atoms with E-state index in [1.54, 1.807) is 0 Å². The van der Waals surface area contributed by atoms with Gasteiger partial charge in [-0.2, -0.15) is 0 Å². The lowest BCUT2D eigenvalue weighted by Crippen LogP contribution is -2.36. The Labute approximate surface area is 102 Å². The van der Waals surface area contributed by atoms with Crippen molar-refractivity contribution in [3.63, 3.8) is 0 Å². The summed E-state index contributed by atoms with van der Waals surface area (Å²) in [5, 5.41) is 0. The second-order valence-corrected chi connectivity index (χ2v) is 5.53. The lowest BCUT2D eigenvalue weighted by molar-refractivity contribution is 0.219. The van der Waals surface area contributed by atoms with Crippen LogP contribution in [0.25, 0.3) is 0 Å². The minimum absolute atomic E-state index is 0.714. The summed E-state index contributed by atoms with van der Waals surface area (Å²) in [7, 11) is 2.24. The number of nitrogens with zero attached hydrogens (tertiary/aromatic N) is 2. The van der Waals surface area contributed by atoms with Crippen molar-refractivity contribution in [1.29, 1.82) is 0 Å². The third-order valence-corrected chi connectivity index (χ3v) is 4.35. The second kappa shape index (κ2) is 5.75. The highest BCUT2D eigenvalue weighted by Crippen LogP contribution is 2.26. The molecule has 0 saturated heterocycles. The fourth-order valence-corrected chi connectivity index (χ4v) is 3.23. The molecule has 1 aliphatic carbocycles. The lowest BCUT2D eigenvalue weighted by atomic mass is 9.96. The van der Waals surface area contributed by atoms with Gasteiger partial charge in [0.1, 0.15) is 0 Å². The van der Waals surface area contributed by atoms with Gasteiger partial charge in [0.15, 0.2) is 0 Å². The van der Waals surface area contributed by atoms with Gasteiger partial charge < -0.3 is 10.6 Å². The molecular formula is C12H21N3S. The number of unbranched alkanes of at least 4 members (excludes halogenated alkanes) is 1.